The lowest BCUT2D eigenvalue weighted by molar-refractivity contribution is -0.961. The Morgan fingerprint density at radius 3 is 2.39 bits per heavy atom. The predicted octanol–water partition coefficient (Wildman–Crippen LogP) is 4.82. The van der Waals surface area contributed by atoms with Crippen molar-refractivity contribution in [2.24, 2.45) is 0 Å². The largest absolute Gasteiger partial charge is 0.498 e. The normalized spacial score (nSPS) is 22.7. The van der Waals surface area contributed by atoms with Gasteiger partial charge in [-0.1, -0.05) is 48.5 Å². The molecule has 3 aromatic carbocycles. The molecule has 0 aromatic heterocycles. The van der Waals surface area contributed by atoms with Crippen LogP contribution in [0.2, 0.25) is 0 Å². The summed E-state index contributed by atoms with van der Waals surface area (Å²) in [5.41, 5.74) is 0.119. The smallest absolute Gasteiger partial charge is 0.369 e. The first-order chi connectivity index (χ1) is 18.4. The van der Waals surface area contributed by atoms with Gasteiger partial charge >= 0.3 is 5.97 Å². The number of quaternary nitrogens is 1. The summed E-state index contributed by atoms with van der Waals surface area (Å²) in [4.78, 5) is 26.6. The number of ether oxygens (including phenoxy) is 2. The molecule has 0 bridgehead atoms. The standard InChI is InChI=1S/C30H29FN2O5/c1-37-28(34)30(18-19-32)17-7-12-27(33(30,29(35)36)20-22-8-3-2-4-9-22)23-13-15-25(16-14-23)38-21-24-10-5-6-11-26(24)31/h2-6,8-11,13-16,27H,7,12,17-18,20-21H2,1H3/t27-,30-,33?/m0/s1. The van der Waals surface area contributed by atoms with E-state index in [0.29, 0.717) is 35.3 Å². The van der Waals surface area contributed by atoms with E-state index in [9.17, 15) is 24.3 Å². The van der Waals surface area contributed by atoms with Crippen molar-refractivity contribution in [2.45, 2.75) is 50.4 Å². The average Bonchev–Trinajstić information content (AvgIpc) is 2.94. The number of hydrogen-bond donors (Lipinski definition) is 0. The van der Waals surface area contributed by atoms with Gasteiger partial charge in [-0.2, -0.15) is 5.26 Å². The summed E-state index contributed by atoms with van der Waals surface area (Å²) >= 11 is 0. The van der Waals surface area contributed by atoms with E-state index >= 15 is 0 Å². The van der Waals surface area contributed by atoms with Crippen LogP contribution in [0, 0.1) is 17.1 Å². The van der Waals surface area contributed by atoms with Crippen molar-refractivity contribution < 1.29 is 33.0 Å². The molecule has 4 rings (SSSR count). The molecule has 0 aliphatic carbocycles. The number of esters is 1. The fraction of sp³-hybridized carbons (Fsp3) is 0.300. The molecule has 1 aliphatic heterocycles. The molecule has 3 aromatic rings. The number of rotatable bonds is 8. The van der Waals surface area contributed by atoms with E-state index in [0.717, 1.165) is 0 Å². The van der Waals surface area contributed by atoms with Crippen molar-refractivity contribution in [1.29, 1.82) is 5.26 Å². The molecule has 0 N–H and O–H groups in total. The van der Waals surface area contributed by atoms with E-state index in [1.54, 1.807) is 66.7 Å². The zero-order valence-corrected chi connectivity index (χ0v) is 21.1. The quantitative estimate of drug-likeness (QED) is 0.315. The molecule has 1 aliphatic rings. The summed E-state index contributed by atoms with van der Waals surface area (Å²) in [5.74, 6) is -0.618. The third-order valence-corrected chi connectivity index (χ3v) is 7.52. The lowest BCUT2D eigenvalue weighted by atomic mass is 9.75. The number of amides is 1. The van der Waals surface area contributed by atoms with E-state index in [2.05, 4.69) is 0 Å². The van der Waals surface area contributed by atoms with Gasteiger partial charge in [0.15, 0.2) is 0 Å². The topological polar surface area (TPSA) is 99.5 Å². The van der Waals surface area contributed by atoms with E-state index in [-0.39, 0.29) is 31.8 Å². The molecular formula is C30H29FN2O5. The van der Waals surface area contributed by atoms with Crippen molar-refractivity contribution in [1.82, 2.24) is 0 Å². The molecule has 1 unspecified atom stereocenters. The summed E-state index contributed by atoms with van der Waals surface area (Å²) in [5, 5.41) is 23.0. The first kappa shape index (κ1) is 26.8. The van der Waals surface area contributed by atoms with Crippen LogP contribution in [0.4, 0.5) is 9.18 Å². The molecule has 1 heterocycles. The number of likely N-dealkylation sites (tertiary alicyclic amines) is 1. The Balaban J connectivity index is 1.76. The van der Waals surface area contributed by atoms with Crippen molar-refractivity contribution in [2.75, 3.05) is 7.11 Å². The number of nitrogens with zero attached hydrogens (tertiary/aromatic N) is 2. The summed E-state index contributed by atoms with van der Waals surface area (Å²) in [6.07, 6.45) is -0.621. The van der Waals surface area contributed by atoms with Gasteiger partial charge < -0.3 is 19.4 Å². The Bertz CT molecular complexity index is 1320. The average molecular weight is 517 g/mol. The number of nitriles is 1. The maximum atomic E-state index is 14.0. The van der Waals surface area contributed by atoms with Crippen LogP contribution >= 0.6 is 0 Å². The number of benzene rings is 3. The highest BCUT2D eigenvalue weighted by atomic mass is 19.1. The zero-order valence-electron chi connectivity index (χ0n) is 21.1. The van der Waals surface area contributed by atoms with E-state index in [1.165, 1.54) is 13.2 Å². The Labute approximate surface area is 221 Å². The molecule has 7 nitrogen and oxygen atoms in total. The molecule has 1 saturated heterocycles. The van der Waals surface area contributed by atoms with Crippen LogP contribution in [0.15, 0.2) is 78.9 Å². The fourth-order valence-corrected chi connectivity index (χ4v) is 5.68. The van der Waals surface area contributed by atoms with Gasteiger partial charge in [-0.25, -0.2) is 13.7 Å². The minimum absolute atomic E-state index is 0.0378. The van der Waals surface area contributed by atoms with E-state index in [1.807, 2.05) is 12.1 Å². The van der Waals surface area contributed by atoms with Crippen LogP contribution in [0.3, 0.4) is 0 Å². The summed E-state index contributed by atoms with van der Waals surface area (Å²) in [6, 6.07) is 23.6. The van der Waals surface area contributed by atoms with Gasteiger partial charge in [0.1, 0.15) is 37.2 Å². The molecule has 38 heavy (non-hydrogen) atoms. The summed E-state index contributed by atoms with van der Waals surface area (Å²) in [6.45, 7) is -0.0215. The highest BCUT2D eigenvalue weighted by Gasteiger charge is 2.64. The minimum Gasteiger partial charge on any atom is -0.498 e. The first-order valence-electron chi connectivity index (χ1n) is 12.4. The molecule has 196 valence electrons. The number of carboxylic acid groups (broad SMARTS) is 1. The van der Waals surface area contributed by atoms with Gasteiger partial charge in [0, 0.05) is 29.5 Å². The maximum absolute atomic E-state index is 14.0. The number of methoxy groups -OCH3 is 1. The van der Waals surface area contributed by atoms with Gasteiger partial charge in [-0.05, 0) is 36.8 Å². The van der Waals surface area contributed by atoms with Crippen LogP contribution in [-0.4, -0.2) is 29.2 Å². The van der Waals surface area contributed by atoms with Crippen LogP contribution in [-0.2, 0) is 22.7 Å². The van der Waals surface area contributed by atoms with Gasteiger partial charge in [-0.3, -0.25) is 0 Å². The predicted molar refractivity (Wildman–Crippen MR) is 135 cm³/mol. The Morgan fingerprint density at radius 1 is 1.08 bits per heavy atom. The van der Waals surface area contributed by atoms with Crippen molar-refractivity contribution in [3.05, 3.63) is 101 Å². The molecule has 8 heteroatoms. The van der Waals surface area contributed by atoms with Gasteiger partial charge in [0.25, 0.3) is 6.09 Å². The number of carbonyl (C=O) groups excluding carboxylic acids is 2. The monoisotopic (exact) mass is 516 g/mol. The Hall–Kier alpha value is -4.22. The second-order valence-electron chi connectivity index (χ2n) is 9.49. The van der Waals surface area contributed by atoms with Crippen LogP contribution in [0.1, 0.15) is 48.4 Å². The molecule has 1 amide bonds. The van der Waals surface area contributed by atoms with Gasteiger partial charge in [0.2, 0.25) is 5.54 Å². The van der Waals surface area contributed by atoms with E-state index < -0.39 is 28.1 Å². The number of hydrogen-bond acceptors (Lipinski definition) is 6. The van der Waals surface area contributed by atoms with Crippen molar-refractivity contribution in [3.8, 4) is 11.8 Å². The number of halogens is 1. The third kappa shape index (κ3) is 4.85. The fourth-order valence-electron chi connectivity index (χ4n) is 5.68. The summed E-state index contributed by atoms with van der Waals surface area (Å²) in [7, 11) is 1.21. The highest BCUT2D eigenvalue weighted by molar-refractivity contribution is 5.82. The van der Waals surface area contributed by atoms with Gasteiger partial charge in [0.05, 0.1) is 13.2 Å². The van der Waals surface area contributed by atoms with Crippen molar-refractivity contribution >= 4 is 12.1 Å². The second kappa shape index (κ2) is 11.4. The molecule has 0 radical (unpaired) electrons. The SMILES string of the molecule is COC(=O)[C@@]1(CC#N)CCC[C@@H](c2ccc(OCc3ccccc3F)cc2)[N+]1(Cc1ccccc1)C(=O)[O-]. The maximum Gasteiger partial charge on any atom is 0.369 e. The Morgan fingerprint density at radius 2 is 1.76 bits per heavy atom. The molecule has 1 fully saturated rings. The van der Waals surface area contributed by atoms with Crippen LogP contribution < -0.4 is 9.84 Å². The van der Waals surface area contributed by atoms with Gasteiger partial charge in [-0.15, -0.1) is 0 Å². The summed E-state index contributed by atoms with van der Waals surface area (Å²) < 4.78 is 24.1. The minimum atomic E-state index is -1.65. The first-order valence-corrected chi connectivity index (χ1v) is 12.4. The zero-order chi connectivity index (χ0) is 27.2. The van der Waals surface area contributed by atoms with E-state index in [4.69, 9.17) is 9.47 Å². The third-order valence-electron chi connectivity index (χ3n) is 7.52. The lowest BCUT2D eigenvalue weighted by Crippen LogP contribution is -2.75. The van der Waals surface area contributed by atoms with Crippen LogP contribution in [0.25, 0.3) is 0 Å². The second-order valence-corrected chi connectivity index (χ2v) is 9.49. The van der Waals surface area contributed by atoms with Crippen LogP contribution in [0.5, 0.6) is 5.75 Å². The molecular weight excluding hydrogens is 487 g/mol. The molecule has 0 spiro atoms. The number of carbonyl (C=O) groups is 2. The highest BCUT2D eigenvalue weighted by Crippen LogP contribution is 2.51. The number of piperidine rings is 1. The van der Waals surface area contributed by atoms with Crippen molar-refractivity contribution in [3.63, 3.8) is 0 Å². The molecule has 3 atom stereocenters. The Kier molecular flexibility index (Phi) is 8.08. The lowest BCUT2D eigenvalue weighted by Gasteiger charge is -2.56. The molecule has 0 saturated carbocycles.